The van der Waals surface area contributed by atoms with Crippen molar-refractivity contribution in [1.82, 2.24) is 0 Å². The Bertz CT molecular complexity index is 759. The summed E-state index contributed by atoms with van der Waals surface area (Å²) < 4.78 is 11.0. The van der Waals surface area contributed by atoms with Gasteiger partial charge in [-0.05, 0) is 55.0 Å². The van der Waals surface area contributed by atoms with Gasteiger partial charge in [-0.15, -0.1) is 11.8 Å². The average Bonchev–Trinajstić information content (AvgIpc) is 3.34. The SMILES string of the molecule is c1ccc2c(c1)SC(c1ccc3c(c1)OCO3)CCN2CC1CC1. The minimum absolute atomic E-state index is 0.342. The number of thioether (sulfide) groups is 1. The van der Waals surface area contributed by atoms with E-state index in [9.17, 15) is 0 Å². The molecule has 5 rings (SSSR count). The van der Waals surface area contributed by atoms with Gasteiger partial charge in [0.25, 0.3) is 0 Å². The van der Waals surface area contributed by atoms with Crippen LogP contribution in [0.25, 0.3) is 0 Å². The minimum atomic E-state index is 0.342. The fraction of sp³-hybridized carbons (Fsp3) is 0.400. The molecule has 1 aliphatic carbocycles. The highest BCUT2D eigenvalue weighted by Crippen LogP contribution is 2.47. The number of anilines is 1. The standard InChI is InChI=1S/C20H21NO2S/c1-2-4-20-16(3-1)21(12-14-5-6-14)10-9-19(24-20)15-7-8-17-18(11-15)23-13-22-17/h1-4,7-8,11,14,19H,5-6,9-10,12-13H2. The molecule has 1 saturated carbocycles. The van der Waals surface area contributed by atoms with Crippen molar-refractivity contribution in [1.29, 1.82) is 0 Å². The van der Waals surface area contributed by atoms with Crippen LogP contribution in [0.1, 0.15) is 30.1 Å². The van der Waals surface area contributed by atoms with E-state index in [4.69, 9.17) is 9.47 Å². The van der Waals surface area contributed by atoms with E-state index in [0.717, 1.165) is 30.4 Å². The second-order valence-electron chi connectivity index (χ2n) is 6.86. The zero-order valence-electron chi connectivity index (χ0n) is 13.6. The summed E-state index contributed by atoms with van der Waals surface area (Å²) in [6.45, 7) is 2.68. The molecule has 3 aliphatic rings. The number of nitrogens with zero attached hydrogens (tertiary/aromatic N) is 1. The first-order valence-corrected chi connectivity index (χ1v) is 9.65. The molecule has 3 nitrogen and oxygen atoms in total. The maximum Gasteiger partial charge on any atom is 0.231 e. The molecule has 2 aromatic rings. The van der Waals surface area contributed by atoms with Crippen LogP contribution in [0.15, 0.2) is 47.4 Å². The fourth-order valence-electron chi connectivity index (χ4n) is 3.57. The maximum atomic E-state index is 5.57. The van der Waals surface area contributed by atoms with Gasteiger partial charge >= 0.3 is 0 Å². The van der Waals surface area contributed by atoms with E-state index in [-0.39, 0.29) is 0 Å². The molecule has 4 heteroatoms. The summed E-state index contributed by atoms with van der Waals surface area (Å²) in [4.78, 5) is 4.01. The fourth-order valence-corrected chi connectivity index (χ4v) is 4.86. The second kappa shape index (κ2) is 5.92. The third-order valence-corrected chi connectivity index (χ3v) is 6.47. The first-order valence-electron chi connectivity index (χ1n) is 8.77. The maximum absolute atomic E-state index is 5.57. The van der Waals surface area contributed by atoms with Crippen LogP contribution in [0.4, 0.5) is 5.69 Å². The summed E-state index contributed by atoms with van der Waals surface area (Å²) in [5.74, 6) is 2.67. The lowest BCUT2D eigenvalue weighted by molar-refractivity contribution is 0.174. The summed E-state index contributed by atoms with van der Waals surface area (Å²) in [6.07, 6.45) is 3.96. The first kappa shape index (κ1) is 14.5. The molecular formula is C20H21NO2S. The molecule has 1 fully saturated rings. The van der Waals surface area contributed by atoms with Gasteiger partial charge in [-0.2, -0.15) is 0 Å². The van der Waals surface area contributed by atoms with Crippen molar-refractivity contribution in [2.45, 2.75) is 29.4 Å². The van der Waals surface area contributed by atoms with Crippen LogP contribution in [0.5, 0.6) is 11.5 Å². The molecule has 24 heavy (non-hydrogen) atoms. The van der Waals surface area contributed by atoms with E-state index in [2.05, 4.69) is 47.4 Å². The molecule has 0 N–H and O–H groups in total. The molecule has 2 heterocycles. The predicted octanol–water partition coefficient (Wildman–Crippen LogP) is 4.87. The van der Waals surface area contributed by atoms with E-state index >= 15 is 0 Å². The van der Waals surface area contributed by atoms with Gasteiger partial charge in [-0.1, -0.05) is 18.2 Å². The van der Waals surface area contributed by atoms with E-state index in [1.54, 1.807) is 0 Å². The van der Waals surface area contributed by atoms with Crippen LogP contribution in [-0.2, 0) is 0 Å². The largest absolute Gasteiger partial charge is 0.454 e. The molecule has 2 aromatic carbocycles. The Labute approximate surface area is 147 Å². The molecule has 0 saturated heterocycles. The lowest BCUT2D eigenvalue weighted by Crippen LogP contribution is -2.26. The van der Waals surface area contributed by atoms with Crippen molar-refractivity contribution >= 4 is 17.4 Å². The normalized spacial score (nSPS) is 22.2. The van der Waals surface area contributed by atoms with E-state index < -0.39 is 0 Å². The van der Waals surface area contributed by atoms with Crippen molar-refractivity contribution in [3.8, 4) is 11.5 Å². The number of para-hydroxylation sites is 1. The third kappa shape index (κ3) is 2.73. The van der Waals surface area contributed by atoms with E-state index in [0.29, 0.717) is 12.0 Å². The highest BCUT2D eigenvalue weighted by Gasteiger charge is 2.29. The molecule has 0 spiro atoms. The molecule has 0 bridgehead atoms. The van der Waals surface area contributed by atoms with E-state index in [1.165, 1.54) is 35.5 Å². The number of hydrogen-bond acceptors (Lipinski definition) is 4. The summed E-state index contributed by atoms with van der Waals surface area (Å²) in [7, 11) is 0. The smallest absolute Gasteiger partial charge is 0.231 e. The lowest BCUT2D eigenvalue weighted by Gasteiger charge is -2.24. The number of ether oxygens (including phenoxy) is 2. The molecular weight excluding hydrogens is 318 g/mol. The predicted molar refractivity (Wildman–Crippen MR) is 97.2 cm³/mol. The van der Waals surface area contributed by atoms with Crippen LogP contribution < -0.4 is 14.4 Å². The number of fused-ring (bicyclic) bond motifs is 2. The Morgan fingerprint density at radius 1 is 1.00 bits per heavy atom. The van der Waals surface area contributed by atoms with Gasteiger partial charge in [0.2, 0.25) is 6.79 Å². The monoisotopic (exact) mass is 339 g/mol. The van der Waals surface area contributed by atoms with Gasteiger partial charge in [0, 0.05) is 23.2 Å². The van der Waals surface area contributed by atoms with Gasteiger partial charge in [0.1, 0.15) is 0 Å². The van der Waals surface area contributed by atoms with Gasteiger partial charge in [0.05, 0.1) is 5.69 Å². The second-order valence-corrected chi connectivity index (χ2v) is 8.11. The summed E-state index contributed by atoms with van der Waals surface area (Å²) in [6, 6.07) is 15.3. The molecule has 124 valence electrons. The van der Waals surface area contributed by atoms with Gasteiger partial charge < -0.3 is 14.4 Å². The van der Waals surface area contributed by atoms with Gasteiger partial charge in [0.15, 0.2) is 11.5 Å². The van der Waals surface area contributed by atoms with Gasteiger partial charge in [-0.25, -0.2) is 0 Å². The topological polar surface area (TPSA) is 21.7 Å². The van der Waals surface area contributed by atoms with Crippen LogP contribution in [0.2, 0.25) is 0 Å². The Morgan fingerprint density at radius 2 is 1.88 bits per heavy atom. The summed E-state index contributed by atoms with van der Waals surface area (Å²) in [5.41, 5.74) is 2.75. The molecule has 1 atom stereocenters. The van der Waals surface area contributed by atoms with Crippen LogP contribution >= 0.6 is 11.8 Å². The first-order chi connectivity index (χ1) is 11.9. The molecule has 1 unspecified atom stereocenters. The van der Waals surface area contributed by atoms with Crippen molar-refractivity contribution in [3.05, 3.63) is 48.0 Å². The highest BCUT2D eigenvalue weighted by molar-refractivity contribution is 7.99. The Balaban J connectivity index is 1.45. The highest BCUT2D eigenvalue weighted by atomic mass is 32.2. The van der Waals surface area contributed by atoms with Crippen LogP contribution in [-0.4, -0.2) is 19.9 Å². The number of hydrogen-bond donors (Lipinski definition) is 0. The molecule has 0 radical (unpaired) electrons. The van der Waals surface area contributed by atoms with Crippen molar-refractivity contribution in [3.63, 3.8) is 0 Å². The van der Waals surface area contributed by atoms with Crippen molar-refractivity contribution in [2.24, 2.45) is 5.92 Å². The van der Waals surface area contributed by atoms with Crippen LogP contribution in [0.3, 0.4) is 0 Å². The molecule has 2 aliphatic heterocycles. The van der Waals surface area contributed by atoms with E-state index in [1.807, 2.05) is 11.8 Å². The summed E-state index contributed by atoms with van der Waals surface area (Å²) >= 11 is 1.99. The Hall–Kier alpha value is -1.81. The minimum Gasteiger partial charge on any atom is -0.454 e. The van der Waals surface area contributed by atoms with Crippen molar-refractivity contribution in [2.75, 3.05) is 24.8 Å². The molecule has 0 aromatic heterocycles. The molecule has 0 amide bonds. The van der Waals surface area contributed by atoms with Gasteiger partial charge in [-0.3, -0.25) is 0 Å². The third-order valence-electron chi connectivity index (χ3n) is 5.08. The Kier molecular flexibility index (Phi) is 3.58. The summed E-state index contributed by atoms with van der Waals surface area (Å²) in [5, 5.41) is 0.463. The average molecular weight is 339 g/mol. The zero-order chi connectivity index (χ0) is 15.9. The quantitative estimate of drug-likeness (QED) is 0.795. The van der Waals surface area contributed by atoms with Crippen molar-refractivity contribution < 1.29 is 9.47 Å². The number of rotatable bonds is 3. The lowest BCUT2D eigenvalue weighted by atomic mass is 10.1. The number of benzene rings is 2. The zero-order valence-corrected chi connectivity index (χ0v) is 14.4. The van der Waals surface area contributed by atoms with Crippen LogP contribution in [0, 0.1) is 5.92 Å². The Morgan fingerprint density at radius 3 is 2.79 bits per heavy atom.